The van der Waals surface area contributed by atoms with Gasteiger partial charge in [0.1, 0.15) is 0 Å². The lowest BCUT2D eigenvalue weighted by atomic mass is 10.1. The first-order valence-corrected chi connectivity index (χ1v) is 9.79. The second-order valence-corrected chi connectivity index (χ2v) is 7.11. The highest BCUT2D eigenvalue weighted by molar-refractivity contribution is 14.0. The topological polar surface area (TPSA) is 68.8 Å². The first-order chi connectivity index (χ1) is 12.8. The van der Waals surface area contributed by atoms with E-state index in [0.29, 0.717) is 19.1 Å². The van der Waals surface area contributed by atoms with E-state index in [2.05, 4.69) is 56.2 Å². The summed E-state index contributed by atoms with van der Waals surface area (Å²) in [4.78, 5) is 18.5. The number of guanidine groups is 1. The molecule has 1 atom stereocenters. The number of nitrogens with one attached hydrogen (secondary N) is 3. The van der Waals surface area contributed by atoms with Crippen molar-refractivity contribution in [1.82, 2.24) is 20.9 Å². The predicted octanol–water partition coefficient (Wildman–Crippen LogP) is 2.13. The van der Waals surface area contributed by atoms with E-state index in [-0.39, 0.29) is 35.8 Å². The van der Waals surface area contributed by atoms with Gasteiger partial charge in [-0.15, -0.1) is 24.0 Å². The Morgan fingerprint density at radius 2 is 1.78 bits per heavy atom. The van der Waals surface area contributed by atoms with E-state index in [1.54, 1.807) is 7.05 Å². The minimum Gasteiger partial charge on any atom is -0.355 e. The van der Waals surface area contributed by atoms with Gasteiger partial charge in [-0.1, -0.05) is 30.3 Å². The molecule has 7 heteroatoms. The Hall–Kier alpha value is -1.35. The molecule has 1 aliphatic heterocycles. The van der Waals surface area contributed by atoms with E-state index in [1.807, 2.05) is 0 Å². The van der Waals surface area contributed by atoms with Crippen LogP contribution in [0, 0.1) is 5.92 Å². The van der Waals surface area contributed by atoms with Crippen LogP contribution in [0.4, 0.5) is 0 Å². The first kappa shape index (κ1) is 21.9. The third kappa shape index (κ3) is 6.95. The van der Waals surface area contributed by atoms with Crippen LogP contribution in [0.3, 0.4) is 0 Å². The van der Waals surface area contributed by atoms with Gasteiger partial charge in [-0.3, -0.25) is 14.7 Å². The summed E-state index contributed by atoms with van der Waals surface area (Å²) in [5, 5.41) is 9.71. The summed E-state index contributed by atoms with van der Waals surface area (Å²) >= 11 is 0. The van der Waals surface area contributed by atoms with Crippen LogP contribution in [0.5, 0.6) is 0 Å². The summed E-state index contributed by atoms with van der Waals surface area (Å²) in [7, 11) is 1.78. The molecule has 0 radical (unpaired) electrons. The molecule has 1 saturated carbocycles. The highest BCUT2D eigenvalue weighted by atomic mass is 127. The average Bonchev–Trinajstić information content (AvgIpc) is 3.40. The zero-order valence-corrected chi connectivity index (χ0v) is 18.4. The van der Waals surface area contributed by atoms with Gasteiger partial charge in [0.2, 0.25) is 5.91 Å². The number of likely N-dealkylation sites (tertiary alicyclic amines) is 1. The molecule has 27 heavy (non-hydrogen) atoms. The normalized spacial score (nSPS) is 18.5. The largest absolute Gasteiger partial charge is 0.355 e. The molecule has 0 spiro atoms. The molecule has 1 aromatic rings. The highest BCUT2D eigenvalue weighted by Crippen LogP contribution is 2.28. The Kier molecular flexibility index (Phi) is 9.33. The molecule has 0 bridgehead atoms. The van der Waals surface area contributed by atoms with Crippen molar-refractivity contribution in [2.45, 2.75) is 31.7 Å². The van der Waals surface area contributed by atoms with E-state index < -0.39 is 0 Å². The van der Waals surface area contributed by atoms with Gasteiger partial charge in [-0.05, 0) is 44.3 Å². The maximum atomic E-state index is 11.6. The van der Waals surface area contributed by atoms with Crippen LogP contribution in [0.2, 0.25) is 0 Å². The Morgan fingerprint density at radius 1 is 1.11 bits per heavy atom. The van der Waals surface area contributed by atoms with Gasteiger partial charge < -0.3 is 16.0 Å². The third-order valence-electron chi connectivity index (χ3n) is 5.12. The summed E-state index contributed by atoms with van der Waals surface area (Å²) in [6.07, 6.45) is 4.63. The smallest absolute Gasteiger partial charge is 0.223 e. The molecule has 150 valence electrons. The van der Waals surface area contributed by atoms with Crippen LogP contribution < -0.4 is 16.0 Å². The van der Waals surface area contributed by atoms with E-state index in [4.69, 9.17) is 0 Å². The summed E-state index contributed by atoms with van der Waals surface area (Å²) in [5.74, 6) is 1.23. The standard InChI is InChI=1S/C20H31N5O.HI/c1-21-20(23-12-11-22-19(26)17-9-10-17)24-15-18(25-13-5-6-14-25)16-7-3-2-4-8-16;/h2-4,7-8,17-18H,5-6,9-15H2,1H3,(H,22,26)(H2,21,23,24);1H. The highest BCUT2D eigenvalue weighted by Gasteiger charge is 2.29. The number of rotatable bonds is 8. The molecular weight excluding hydrogens is 453 g/mol. The van der Waals surface area contributed by atoms with Crippen molar-refractivity contribution in [2.75, 3.05) is 39.8 Å². The first-order valence-electron chi connectivity index (χ1n) is 9.79. The van der Waals surface area contributed by atoms with Crippen LogP contribution in [0.15, 0.2) is 35.3 Å². The van der Waals surface area contributed by atoms with Crippen molar-refractivity contribution in [1.29, 1.82) is 0 Å². The number of aliphatic imine (C=N–C) groups is 1. The molecule has 3 N–H and O–H groups in total. The average molecular weight is 485 g/mol. The molecule has 6 nitrogen and oxygen atoms in total. The summed E-state index contributed by atoms with van der Waals surface area (Å²) < 4.78 is 0. The van der Waals surface area contributed by atoms with Gasteiger partial charge >= 0.3 is 0 Å². The van der Waals surface area contributed by atoms with Gasteiger partial charge in [-0.25, -0.2) is 0 Å². The van der Waals surface area contributed by atoms with Crippen molar-refractivity contribution in [2.24, 2.45) is 10.9 Å². The van der Waals surface area contributed by atoms with Gasteiger partial charge in [0.15, 0.2) is 5.96 Å². The van der Waals surface area contributed by atoms with Gasteiger partial charge in [-0.2, -0.15) is 0 Å². The summed E-state index contributed by atoms with van der Waals surface area (Å²) in [6, 6.07) is 11.0. The van der Waals surface area contributed by atoms with E-state index in [0.717, 1.165) is 38.4 Å². The zero-order valence-electron chi connectivity index (χ0n) is 16.1. The molecule has 1 aromatic carbocycles. The van der Waals surface area contributed by atoms with Crippen molar-refractivity contribution in [3.8, 4) is 0 Å². The maximum absolute atomic E-state index is 11.6. The van der Waals surface area contributed by atoms with Crippen LogP contribution in [-0.2, 0) is 4.79 Å². The number of hydrogen-bond donors (Lipinski definition) is 3. The molecule has 1 aliphatic carbocycles. The Bertz CT molecular complexity index is 600. The SMILES string of the molecule is CN=C(NCCNC(=O)C1CC1)NCC(c1ccccc1)N1CCCC1.I. The number of hydrogen-bond acceptors (Lipinski definition) is 3. The molecule has 1 saturated heterocycles. The quantitative estimate of drug-likeness (QED) is 0.229. The monoisotopic (exact) mass is 485 g/mol. The summed E-state index contributed by atoms with van der Waals surface area (Å²) in [6.45, 7) is 4.43. The van der Waals surface area contributed by atoms with Crippen molar-refractivity contribution < 1.29 is 4.79 Å². The summed E-state index contributed by atoms with van der Waals surface area (Å²) in [5.41, 5.74) is 1.34. The lowest BCUT2D eigenvalue weighted by molar-refractivity contribution is -0.122. The lowest BCUT2D eigenvalue weighted by Gasteiger charge is -2.29. The number of benzene rings is 1. The van der Waals surface area contributed by atoms with Crippen LogP contribution in [0.25, 0.3) is 0 Å². The van der Waals surface area contributed by atoms with E-state index in [9.17, 15) is 4.79 Å². The van der Waals surface area contributed by atoms with Gasteiger partial charge in [0.25, 0.3) is 0 Å². The third-order valence-corrected chi connectivity index (χ3v) is 5.12. The Balaban J connectivity index is 0.00000261. The molecule has 0 aromatic heterocycles. The van der Waals surface area contributed by atoms with Crippen LogP contribution >= 0.6 is 24.0 Å². The van der Waals surface area contributed by atoms with E-state index in [1.165, 1.54) is 18.4 Å². The minimum atomic E-state index is 0. The van der Waals surface area contributed by atoms with Crippen molar-refractivity contribution in [3.63, 3.8) is 0 Å². The van der Waals surface area contributed by atoms with Gasteiger partial charge in [0.05, 0.1) is 6.04 Å². The number of carbonyl (C=O) groups excluding carboxylic acids is 1. The van der Waals surface area contributed by atoms with Crippen molar-refractivity contribution in [3.05, 3.63) is 35.9 Å². The molecule has 1 heterocycles. The van der Waals surface area contributed by atoms with Crippen molar-refractivity contribution >= 4 is 35.8 Å². The zero-order chi connectivity index (χ0) is 18.2. The van der Waals surface area contributed by atoms with Crippen LogP contribution in [-0.4, -0.2) is 56.5 Å². The molecule has 3 rings (SSSR count). The number of amides is 1. The fraction of sp³-hybridized carbons (Fsp3) is 0.600. The number of nitrogens with zero attached hydrogens (tertiary/aromatic N) is 2. The molecule has 2 fully saturated rings. The molecule has 1 unspecified atom stereocenters. The second-order valence-electron chi connectivity index (χ2n) is 7.11. The molecular formula is C20H32IN5O. The number of carbonyl (C=O) groups is 1. The van der Waals surface area contributed by atoms with Crippen LogP contribution in [0.1, 0.15) is 37.3 Å². The second kappa shape index (κ2) is 11.5. The minimum absolute atomic E-state index is 0. The predicted molar refractivity (Wildman–Crippen MR) is 121 cm³/mol. The molecule has 1 amide bonds. The van der Waals surface area contributed by atoms with E-state index >= 15 is 0 Å². The molecule has 2 aliphatic rings. The fourth-order valence-electron chi connectivity index (χ4n) is 3.46. The Labute approximate surface area is 179 Å². The maximum Gasteiger partial charge on any atom is 0.223 e. The number of halogens is 1. The Morgan fingerprint density at radius 3 is 2.41 bits per heavy atom. The fourth-order valence-corrected chi connectivity index (χ4v) is 3.46. The lowest BCUT2D eigenvalue weighted by Crippen LogP contribution is -2.44. The van der Waals surface area contributed by atoms with Gasteiger partial charge in [0, 0.05) is 32.6 Å².